The minimum absolute atomic E-state index is 0.237. The zero-order valence-corrected chi connectivity index (χ0v) is 8.18. The Balaban J connectivity index is 2.56. The summed E-state index contributed by atoms with van der Waals surface area (Å²) in [6, 6.07) is 0. The summed E-state index contributed by atoms with van der Waals surface area (Å²) in [6.07, 6.45) is -0.316. The first kappa shape index (κ1) is 12.2. The van der Waals surface area contributed by atoms with Crippen LogP contribution in [0.3, 0.4) is 0 Å². The SMILES string of the molecule is O=C(O)CC1CN(S(=O)(=O)C(F)(F)F)C1. The van der Waals surface area contributed by atoms with Gasteiger partial charge in [0.1, 0.15) is 0 Å². The minimum Gasteiger partial charge on any atom is -0.481 e. The van der Waals surface area contributed by atoms with Gasteiger partial charge in [0, 0.05) is 13.1 Å². The van der Waals surface area contributed by atoms with Crippen molar-refractivity contribution in [1.29, 1.82) is 0 Å². The van der Waals surface area contributed by atoms with Gasteiger partial charge in [0.15, 0.2) is 0 Å². The monoisotopic (exact) mass is 247 g/mol. The van der Waals surface area contributed by atoms with Crippen molar-refractivity contribution in [2.24, 2.45) is 5.92 Å². The van der Waals surface area contributed by atoms with Crippen molar-refractivity contribution in [2.75, 3.05) is 13.1 Å². The van der Waals surface area contributed by atoms with E-state index in [2.05, 4.69) is 0 Å². The van der Waals surface area contributed by atoms with Gasteiger partial charge in [-0.2, -0.15) is 17.5 Å². The molecule has 88 valence electrons. The molecule has 0 aromatic carbocycles. The van der Waals surface area contributed by atoms with Gasteiger partial charge < -0.3 is 5.11 Å². The molecule has 1 N–H and O–H groups in total. The first-order chi connectivity index (χ1) is 6.64. The lowest BCUT2D eigenvalue weighted by atomic mass is 10.00. The number of nitrogens with zero attached hydrogens (tertiary/aromatic N) is 1. The Morgan fingerprint density at radius 2 is 1.87 bits per heavy atom. The molecule has 0 unspecified atom stereocenters. The maximum Gasteiger partial charge on any atom is 0.511 e. The lowest BCUT2D eigenvalue weighted by Gasteiger charge is -2.37. The molecule has 1 aliphatic rings. The third-order valence-electron chi connectivity index (χ3n) is 2.02. The largest absolute Gasteiger partial charge is 0.511 e. The second-order valence-electron chi connectivity index (χ2n) is 3.23. The molecule has 0 bridgehead atoms. The summed E-state index contributed by atoms with van der Waals surface area (Å²) in [4.78, 5) is 10.2. The first-order valence-electron chi connectivity index (χ1n) is 3.93. The fourth-order valence-electron chi connectivity index (χ4n) is 1.24. The second kappa shape index (κ2) is 3.63. The van der Waals surface area contributed by atoms with E-state index in [1.165, 1.54) is 0 Å². The summed E-state index contributed by atoms with van der Waals surface area (Å²) < 4.78 is 57.5. The van der Waals surface area contributed by atoms with E-state index in [1.54, 1.807) is 0 Å². The van der Waals surface area contributed by atoms with Crippen molar-refractivity contribution < 1.29 is 31.5 Å². The molecular weight excluding hydrogens is 239 g/mol. The van der Waals surface area contributed by atoms with Crippen LogP contribution in [0.5, 0.6) is 0 Å². The van der Waals surface area contributed by atoms with E-state index in [9.17, 15) is 26.4 Å². The van der Waals surface area contributed by atoms with Crippen molar-refractivity contribution >= 4 is 16.0 Å². The van der Waals surface area contributed by atoms with Crippen molar-refractivity contribution in [3.8, 4) is 0 Å². The van der Waals surface area contributed by atoms with Gasteiger partial charge in [-0.1, -0.05) is 0 Å². The summed E-state index contributed by atoms with van der Waals surface area (Å²) in [5.74, 6) is -1.68. The molecule has 15 heavy (non-hydrogen) atoms. The molecule has 0 aliphatic carbocycles. The summed E-state index contributed by atoms with van der Waals surface area (Å²) in [7, 11) is -5.27. The maximum absolute atomic E-state index is 11.9. The zero-order chi connectivity index (χ0) is 11.9. The Labute approximate surface area is 83.5 Å². The van der Waals surface area contributed by atoms with E-state index >= 15 is 0 Å². The summed E-state index contributed by atoms with van der Waals surface area (Å²) in [6.45, 7) is -0.762. The van der Waals surface area contributed by atoms with Gasteiger partial charge in [0.2, 0.25) is 0 Å². The lowest BCUT2D eigenvalue weighted by Crippen LogP contribution is -2.54. The minimum atomic E-state index is -5.30. The Morgan fingerprint density at radius 1 is 1.40 bits per heavy atom. The third-order valence-corrected chi connectivity index (χ3v) is 3.58. The molecule has 0 atom stereocenters. The Kier molecular flexibility index (Phi) is 2.97. The second-order valence-corrected chi connectivity index (χ2v) is 5.16. The normalized spacial score (nSPS) is 19.9. The van der Waals surface area contributed by atoms with E-state index < -0.39 is 27.4 Å². The van der Waals surface area contributed by atoms with E-state index in [0.717, 1.165) is 0 Å². The summed E-state index contributed by atoms with van der Waals surface area (Å²) >= 11 is 0. The molecule has 1 saturated heterocycles. The molecule has 0 radical (unpaired) electrons. The lowest BCUT2D eigenvalue weighted by molar-refractivity contribution is -0.139. The van der Waals surface area contributed by atoms with Crippen LogP contribution in [0.4, 0.5) is 13.2 Å². The van der Waals surface area contributed by atoms with E-state index in [1.807, 2.05) is 0 Å². The van der Waals surface area contributed by atoms with Crippen LogP contribution in [0.15, 0.2) is 0 Å². The number of hydrogen-bond donors (Lipinski definition) is 1. The van der Waals surface area contributed by atoms with Crippen LogP contribution in [0.1, 0.15) is 6.42 Å². The fourth-order valence-corrected chi connectivity index (χ4v) is 2.35. The molecule has 0 spiro atoms. The fraction of sp³-hybridized carbons (Fsp3) is 0.833. The number of halogens is 3. The van der Waals surface area contributed by atoms with Crippen LogP contribution in [-0.4, -0.2) is 42.4 Å². The standard InChI is InChI=1S/C6H8F3NO4S/c7-6(8,9)15(13,14)10-2-4(3-10)1-5(11)12/h4H,1-3H2,(H,11,12). The van der Waals surface area contributed by atoms with Crippen LogP contribution in [0.25, 0.3) is 0 Å². The summed E-state index contributed by atoms with van der Waals surface area (Å²) in [5.41, 5.74) is -5.30. The molecule has 5 nitrogen and oxygen atoms in total. The molecule has 1 rings (SSSR count). The molecule has 0 aromatic heterocycles. The molecule has 0 aromatic rings. The van der Waals surface area contributed by atoms with Crippen molar-refractivity contribution in [3.63, 3.8) is 0 Å². The number of aliphatic carboxylic acids is 1. The van der Waals surface area contributed by atoms with Crippen LogP contribution in [0, 0.1) is 5.92 Å². The molecule has 0 amide bonds. The van der Waals surface area contributed by atoms with Gasteiger partial charge in [-0.05, 0) is 5.92 Å². The molecular formula is C6H8F3NO4S. The van der Waals surface area contributed by atoms with Crippen LogP contribution in [0.2, 0.25) is 0 Å². The van der Waals surface area contributed by atoms with Crippen LogP contribution >= 0.6 is 0 Å². The highest BCUT2D eigenvalue weighted by Gasteiger charge is 2.53. The van der Waals surface area contributed by atoms with Gasteiger partial charge in [0.05, 0.1) is 6.42 Å². The molecule has 0 saturated carbocycles. The Morgan fingerprint density at radius 3 is 2.20 bits per heavy atom. The zero-order valence-electron chi connectivity index (χ0n) is 7.36. The van der Waals surface area contributed by atoms with Gasteiger partial charge >= 0.3 is 21.5 Å². The predicted octanol–water partition coefficient (Wildman–Crippen LogP) is 0.242. The number of hydrogen-bond acceptors (Lipinski definition) is 3. The Bertz CT molecular complexity index is 357. The highest BCUT2D eigenvalue weighted by molar-refractivity contribution is 7.90. The van der Waals surface area contributed by atoms with E-state index in [-0.39, 0.29) is 23.8 Å². The van der Waals surface area contributed by atoms with E-state index in [0.29, 0.717) is 0 Å². The maximum atomic E-state index is 11.9. The Hall–Kier alpha value is -0.830. The van der Waals surface area contributed by atoms with Gasteiger partial charge in [-0.15, -0.1) is 0 Å². The molecule has 9 heteroatoms. The van der Waals surface area contributed by atoms with Crippen molar-refractivity contribution in [1.82, 2.24) is 4.31 Å². The topological polar surface area (TPSA) is 74.7 Å². The number of carboxylic acid groups (broad SMARTS) is 1. The highest BCUT2D eigenvalue weighted by atomic mass is 32.2. The van der Waals surface area contributed by atoms with Crippen LogP contribution in [-0.2, 0) is 14.8 Å². The average molecular weight is 247 g/mol. The van der Waals surface area contributed by atoms with Crippen LogP contribution < -0.4 is 0 Å². The highest BCUT2D eigenvalue weighted by Crippen LogP contribution is 2.32. The van der Waals surface area contributed by atoms with Gasteiger partial charge in [-0.3, -0.25) is 4.79 Å². The third kappa shape index (κ3) is 2.40. The smallest absolute Gasteiger partial charge is 0.481 e. The number of carbonyl (C=O) groups is 1. The molecule has 1 aliphatic heterocycles. The molecule has 1 fully saturated rings. The average Bonchev–Trinajstić information content (AvgIpc) is 1.92. The first-order valence-corrected chi connectivity index (χ1v) is 5.37. The molecule has 1 heterocycles. The summed E-state index contributed by atoms with van der Waals surface area (Å²) in [5, 5.41) is 8.31. The number of sulfonamides is 1. The van der Waals surface area contributed by atoms with Gasteiger partial charge in [-0.25, -0.2) is 8.42 Å². The van der Waals surface area contributed by atoms with E-state index in [4.69, 9.17) is 5.11 Å². The van der Waals surface area contributed by atoms with Crippen molar-refractivity contribution in [3.05, 3.63) is 0 Å². The number of carboxylic acids is 1. The number of alkyl halides is 3. The number of rotatable bonds is 3. The predicted molar refractivity (Wildman–Crippen MR) is 42.3 cm³/mol. The van der Waals surface area contributed by atoms with Gasteiger partial charge in [0.25, 0.3) is 0 Å². The van der Waals surface area contributed by atoms with Crippen molar-refractivity contribution in [2.45, 2.75) is 11.9 Å². The quantitative estimate of drug-likeness (QED) is 0.775.